The van der Waals surface area contributed by atoms with Crippen molar-refractivity contribution in [1.82, 2.24) is 26.2 Å². The van der Waals surface area contributed by atoms with Crippen molar-refractivity contribution in [2.45, 2.75) is 75.3 Å². The number of carboxylic acid groups (broad SMARTS) is 1. The zero-order chi connectivity index (χ0) is 37.6. The molecule has 0 bridgehead atoms. The number of nitrogens with one attached hydrogen (secondary N) is 4. The van der Waals surface area contributed by atoms with Crippen molar-refractivity contribution in [2.75, 3.05) is 13.2 Å². The Kier molecular flexibility index (Phi) is 14.4. The number of nitrogens with zero attached hydrogens (tertiary/aromatic N) is 1. The highest BCUT2D eigenvalue weighted by Gasteiger charge is 2.38. The summed E-state index contributed by atoms with van der Waals surface area (Å²) >= 11 is 0. The van der Waals surface area contributed by atoms with Gasteiger partial charge in [-0.25, -0.2) is 4.79 Å². The molecule has 1 aliphatic rings. The van der Waals surface area contributed by atoms with Gasteiger partial charge in [0.15, 0.2) is 0 Å². The molecule has 5 amide bonds. The maximum absolute atomic E-state index is 13.7. The quantitative estimate of drug-likeness (QED) is 0.100. The molecule has 14 heteroatoms. The Bertz CT molecular complexity index is 1680. The number of nitrogens with two attached hydrogens (primary N) is 1. The van der Waals surface area contributed by atoms with Crippen molar-refractivity contribution in [3.63, 3.8) is 0 Å². The number of amides is 5. The van der Waals surface area contributed by atoms with Crippen LogP contribution in [0.1, 0.15) is 36.5 Å². The van der Waals surface area contributed by atoms with Crippen molar-refractivity contribution >= 4 is 35.5 Å². The number of rotatable bonds is 17. The average Bonchev–Trinajstić information content (AvgIpc) is 3.64. The lowest BCUT2D eigenvalue weighted by molar-refractivity contribution is -0.144. The van der Waals surface area contributed by atoms with Gasteiger partial charge in [0.05, 0.1) is 12.6 Å². The lowest BCUT2D eigenvalue weighted by atomic mass is 10.0. The molecule has 0 aliphatic carbocycles. The van der Waals surface area contributed by atoms with E-state index < -0.39 is 78.4 Å². The minimum atomic E-state index is -1.42. The standard InChI is InChI=1S/C38H46N6O8/c1-24(37(50)44-19-11-18-32(44)36(49)42-30(38(51)52)22-27-16-9-4-10-17-27)40-34(47)29(21-26-14-7-3-8-15-26)41-35(48)31(23-45)43-33(46)28(39)20-25-12-5-2-6-13-25/h2-10,12-17,24,28-32,45H,11,18-23,39H2,1H3,(H,40,47)(H,41,48)(H,42,49)(H,43,46)(H,51,52)/t24-,28-,29-,30-,31-,32-/m0/s1. The Hall–Kier alpha value is -5.60. The van der Waals surface area contributed by atoms with E-state index in [1.165, 1.54) is 11.8 Å². The van der Waals surface area contributed by atoms with E-state index in [2.05, 4.69) is 21.3 Å². The van der Waals surface area contributed by atoms with Crippen LogP contribution in [0.5, 0.6) is 0 Å². The fourth-order valence-electron chi connectivity index (χ4n) is 6.01. The molecule has 6 atom stereocenters. The Morgan fingerprint density at radius 3 is 1.69 bits per heavy atom. The number of aliphatic hydroxyl groups is 1. The third-order valence-electron chi connectivity index (χ3n) is 8.83. The van der Waals surface area contributed by atoms with E-state index >= 15 is 0 Å². The summed E-state index contributed by atoms with van der Waals surface area (Å²) in [6, 6.07) is 19.8. The third kappa shape index (κ3) is 11.2. The number of hydrogen-bond acceptors (Lipinski definition) is 8. The molecule has 1 aliphatic heterocycles. The van der Waals surface area contributed by atoms with Gasteiger partial charge >= 0.3 is 5.97 Å². The van der Waals surface area contributed by atoms with E-state index in [0.29, 0.717) is 18.4 Å². The van der Waals surface area contributed by atoms with Gasteiger partial charge in [-0.2, -0.15) is 0 Å². The van der Waals surface area contributed by atoms with E-state index in [1.807, 2.05) is 18.2 Å². The predicted octanol–water partition coefficient (Wildman–Crippen LogP) is 0.0688. The minimum Gasteiger partial charge on any atom is -0.480 e. The minimum absolute atomic E-state index is 0.0195. The number of hydrogen-bond donors (Lipinski definition) is 7. The van der Waals surface area contributed by atoms with Crippen molar-refractivity contribution in [3.8, 4) is 0 Å². The number of carbonyl (C=O) groups excluding carboxylic acids is 5. The maximum Gasteiger partial charge on any atom is 0.326 e. The SMILES string of the molecule is C[C@H](NC(=O)[C@H](Cc1ccccc1)NC(=O)[C@H](CO)NC(=O)[C@@H](N)Cc1ccccc1)C(=O)N1CCC[C@H]1C(=O)N[C@@H](Cc1ccccc1)C(=O)O. The molecule has 3 aromatic carbocycles. The molecule has 0 radical (unpaired) electrons. The van der Waals surface area contributed by atoms with E-state index in [9.17, 15) is 39.0 Å². The summed E-state index contributed by atoms with van der Waals surface area (Å²) in [5.74, 6) is -4.59. The highest BCUT2D eigenvalue weighted by Crippen LogP contribution is 2.19. The number of aliphatic carboxylic acids is 1. The largest absolute Gasteiger partial charge is 0.480 e. The summed E-state index contributed by atoms with van der Waals surface area (Å²) in [6.07, 6.45) is 1.09. The summed E-state index contributed by atoms with van der Waals surface area (Å²) < 4.78 is 0. The van der Waals surface area contributed by atoms with Crippen LogP contribution in [0.4, 0.5) is 0 Å². The fourth-order valence-corrected chi connectivity index (χ4v) is 6.01. The van der Waals surface area contributed by atoms with E-state index in [1.54, 1.807) is 72.8 Å². The molecule has 0 aromatic heterocycles. The van der Waals surface area contributed by atoms with Gasteiger partial charge in [-0.3, -0.25) is 24.0 Å². The summed E-state index contributed by atoms with van der Waals surface area (Å²) in [6.45, 7) is 0.911. The normalized spacial score (nSPS) is 16.8. The molecule has 3 aromatic rings. The Morgan fingerprint density at radius 2 is 1.17 bits per heavy atom. The second-order valence-electron chi connectivity index (χ2n) is 12.8. The molecule has 1 saturated heterocycles. The van der Waals surface area contributed by atoms with Crippen LogP contribution in [-0.4, -0.2) is 100 Å². The molecule has 0 saturated carbocycles. The van der Waals surface area contributed by atoms with E-state index in [4.69, 9.17) is 5.73 Å². The van der Waals surface area contributed by atoms with Crippen LogP contribution in [0.3, 0.4) is 0 Å². The van der Waals surface area contributed by atoms with Gasteiger partial charge in [0.25, 0.3) is 0 Å². The van der Waals surface area contributed by atoms with Crippen molar-refractivity contribution in [3.05, 3.63) is 108 Å². The van der Waals surface area contributed by atoms with Gasteiger partial charge in [0, 0.05) is 19.4 Å². The van der Waals surface area contributed by atoms with Crippen LogP contribution in [-0.2, 0) is 48.0 Å². The van der Waals surface area contributed by atoms with Crippen molar-refractivity contribution in [2.24, 2.45) is 5.73 Å². The molecule has 4 rings (SSSR count). The van der Waals surface area contributed by atoms with Crippen LogP contribution in [0, 0.1) is 0 Å². The lowest BCUT2D eigenvalue weighted by Crippen LogP contribution is -2.59. The van der Waals surface area contributed by atoms with E-state index in [0.717, 1.165) is 11.1 Å². The second-order valence-corrected chi connectivity index (χ2v) is 12.8. The van der Waals surface area contributed by atoms with Crippen LogP contribution in [0.15, 0.2) is 91.0 Å². The summed E-state index contributed by atoms with van der Waals surface area (Å²) in [5.41, 5.74) is 8.29. The average molecular weight is 715 g/mol. The number of carbonyl (C=O) groups is 6. The van der Waals surface area contributed by atoms with Crippen molar-refractivity contribution in [1.29, 1.82) is 0 Å². The topological polar surface area (TPSA) is 220 Å². The Labute approximate surface area is 302 Å². The lowest BCUT2D eigenvalue weighted by Gasteiger charge is -2.29. The Morgan fingerprint density at radius 1 is 0.692 bits per heavy atom. The van der Waals surface area contributed by atoms with Gasteiger partial charge in [-0.05, 0) is 42.9 Å². The third-order valence-corrected chi connectivity index (χ3v) is 8.83. The molecule has 1 heterocycles. The molecule has 0 spiro atoms. The van der Waals surface area contributed by atoms with E-state index in [-0.39, 0.29) is 25.8 Å². The summed E-state index contributed by atoms with van der Waals surface area (Å²) in [5, 5.41) is 30.0. The number of aliphatic hydroxyl groups excluding tert-OH is 1. The summed E-state index contributed by atoms with van der Waals surface area (Å²) in [4.78, 5) is 80.0. The van der Waals surface area contributed by atoms with Crippen LogP contribution in [0.25, 0.3) is 0 Å². The molecule has 52 heavy (non-hydrogen) atoms. The maximum atomic E-state index is 13.7. The first-order chi connectivity index (χ1) is 25.0. The molecule has 1 fully saturated rings. The zero-order valence-electron chi connectivity index (χ0n) is 28.9. The molecule has 276 valence electrons. The smallest absolute Gasteiger partial charge is 0.326 e. The number of carboxylic acids is 1. The van der Waals surface area contributed by atoms with Gasteiger partial charge in [-0.1, -0.05) is 91.0 Å². The Balaban J connectivity index is 1.40. The second kappa shape index (κ2) is 19.1. The van der Waals surface area contributed by atoms with Crippen LogP contribution in [0.2, 0.25) is 0 Å². The zero-order valence-corrected chi connectivity index (χ0v) is 28.9. The molecule has 8 N–H and O–H groups in total. The molecular weight excluding hydrogens is 668 g/mol. The predicted molar refractivity (Wildman–Crippen MR) is 191 cm³/mol. The first-order valence-corrected chi connectivity index (χ1v) is 17.2. The fraction of sp³-hybridized carbons (Fsp3) is 0.368. The number of benzene rings is 3. The molecule has 0 unspecified atom stereocenters. The van der Waals surface area contributed by atoms with Crippen LogP contribution >= 0.6 is 0 Å². The first kappa shape index (κ1) is 39.2. The number of likely N-dealkylation sites (tertiary alicyclic amines) is 1. The van der Waals surface area contributed by atoms with Crippen LogP contribution < -0.4 is 27.0 Å². The molecule has 14 nitrogen and oxygen atoms in total. The van der Waals surface area contributed by atoms with Gasteiger partial charge in [0.1, 0.15) is 30.2 Å². The van der Waals surface area contributed by atoms with Crippen molar-refractivity contribution < 1.29 is 39.0 Å². The van der Waals surface area contributed by atoms with Gasteiger partial charge in [-0.15, -0.1) is 0 Å². The van der Waals surface area contributed by atoms with Gasteiger partial charge < -0.3 is 42.1 Å². The first-order valence-electron chi connectivity index (χ1n) is 17.2. The highest BCUT2D eigenvalue weighted by molar-refractivity contribution is 5.96. The van der Waals surface area contributed by atoms with Gasteiger partial charge in [0.2, 0.25) is 29.5 Å². The molecular formula is C38H46N6O8. The monoisotopic (exact) mass is 714 g/mol. The highest BCUT2D eigenvalue weighted by atomic mass is 16.4. The summed E-state index contributed by atoms with van der Waals surface area (Å²) in [7, 11) is 0.